The molecule has 0 spiro atoms. The number of ether oxygens (including phenoxy) is 1. The number of methoxy groups -OCH3 is 1. The lowest BCUT2D eigenvalue weighted by Crippen LogP contribution is -2.24. The van der Waals surface area contributed by atoms with Crippen molar-refractivity contribution in [3.05, 3.63) is 64.1 Å². The molecule has 0 aliphatic carbocycles. The minimum Gasteiger partial charge on any atom is -0.497 e. The number of halogens is 1. The fraction of sp³-hybridized carbons (Fsp3) is 0.294. The smallest absolute Gasteiger partial charge is 0.118 e. The van der Waals surface area contributed by atoms with Gasteiger partial charge in [0.15, 0.2) is 0 Å². The summed E-state index contributed by atoms with van der Waals surface area (Å²) in [7, 11) is 1.63. The molecule has 0 aliphatic rings. The van der Waals surface area contributed by atoms with E-state index in [4.69, 9.17) is 4.74 Å². The van der Waals surface area contributed by atoms with E-state index in [9.17, 15) is 5.11 Å². The Kier molecular flexibility index (Phi) is 5.79. The summed E-state index contributed by atoms with van der Waals surface area (Å²) in [4.78, 5) is 0. The lowest BCUT2D eigenvalue weighted by Gasteiger charge is -2.18. The zero-order valence-electron chi connectivity index (χ0n) is 12.2. The molecule has 1 unspecified atom stereocenters. The number of nitrogens with one attached hydrogen (secondary N) is 1. The van der Waals surface area contributed by atoms with Crippen molar-refractivity contribution >= 4 is 15.9 Å². The predicted octanol–water partition coefficient (Wildman–Crippen LogP) is 3.84. The molecule has 2 aromatic rings. The molecule has 112 valence electrons. The van der Waals surface area contributed by atoms with Crippen molar-refractivity contribution in [3.8, 4) is 5.75 Å². The van der Waals surface area contributed by atoms with E-state index < -0.39 is 6.10 Å². The molecule has 0 fully saturated rings. The Morgan fingerprint density at radius 3 is 2.48 bits per heavy atom. The highest BCUT2D eigenvalue weighted by atomic mass is 79.9. The van der Waals surface area contributed by atoms with Crippen molar-refractivity contribution in [2.24, 2.45) is 0 Å². The molecule has 0 saturated heterocycles. The van der Waals surface area contributed by atoms with Gasteiger partial charge in [-0.2, -0.15) is 0 Å². The van der Waals surface area contributed by atoms with E-state index in [-0.39, 0.29) is 6.04 Å². The summed E-state index contributed by atoms with van der Waals surface area (Å²) in [6, 6.07) is 15.8. The maximum absolute atomic E-state index is 10.2. The van der Waals surface area contributed by atoms with E-state index in [1.807, 2.05) is 36.4 Å². The van der Waals surface area contributed by atoms with Crippen molar-refractivity contribution < 1.29 is 9.84 Å². The molecule has 2 aromatic carbocycles. The summed E-state index contributed by atoms with van der Waals surface area (Å²) >= 11 is 3.47. The van der Waals surface area contributed by atoms with Crippen molar-refractivity contribution in [1.82, 2.24) is 5.32 Å². The molecule has 0 aliphatic heterocycles. The van der Waals surface area contributed by atoms with Crippen LogP contribution in [0, 0.1) is 0 Å². The largest absolute Gasteiger partial charge is 0.497 e. The van der Waals surface area contributed by atoms with Gasteiger partial charge in [-0.05, 0) is 42.3 Å². The van der Waals surface area contributed by atoms with Gasteiger partial charge in [0.1, 0.15) is 5.75 Å². The Balaban J connectivity index is 1.92. The van der Waals surface area contributed by atoms with Crippen LogP contribution in [0.15, 0.2) is 53.0 Å². The maximum Gasteiger partial charge on any atom is 0.118 e. The first-order valence-electron chi connectivity index (χ1n) is 6.91. The van der Waals surface area contributed by atoms with Crippen LogP contribution >= 0.6 is 15.9 Å². The molecule has 0 heterocycles. The zero-order valence-corrected chi connectivity index (χ0v) is 13.8. The van der Waals surface area contributed by atoms with E-state index in [1.54, 1.807) is 7.11 Å². The SMILES string of the molecule is COc1ccc(C(O)CN[C@H](C)c2cccc(Br)c2)cc1. The third kappa shape index (κ3) is 4.56. The molecule has 4 heteroatoms. The minimum absolute atomic E-state index is 0.176. The fourth-order valence-corrected chi connectivity index (χ4v) is 2.54. The standard InChI is InChI=1S/C17H20BrNO2/c1-12(14-4-3-5-15(18)10-14)19-11-17(20)13-6-8-16(21-2)9-7-13/h3-10,12,17,19-20H,11H2,1-2H3/t12-,17?/m1/s1. The van der Waals surface area contributed by atoms with Gasteiger partial charge in [0, 0.05) is 17.1 Å². The van der Waals surface area contributed by atoms with Crippen LogP contribution in [-0.4, -0.2) is 18.8 Å². The molecule has 2 atom stereocenters. The third-order valence-electron chi connectivity index (χ3n) is 3.47. The fourth-order valence-electron chi connectivity index (χ4n) is 2.13. The van der Waals surface area contributed by atoms with Gasteiger partial charge >= 0.3 is 0 Å². The van der Waals surface area contributed by atoms with E-state index in [1.165, 1.54) is 5.56 Å². The summed E-state index contributed by atoms with van der Waals surface area (Å²) in [5, 5.41) is 13.6. The number of benzene rings is 2. The molecule has 2 N–H and O–H groups in total. The third-order valence-corrected chi connectivity index (χ3v) is 3.96. The number of aliphatic hydroxyl groups is 1. The van der Waals surface area contributed by atoms with E-state index in [0.29, 0.717) is 6.54 Å². The monoisotopic (exact) mass is 349 g/mol. The van der Waals surface area contributed by atoms with Gasteiger partial charge in [0.25, 0.3) is 0 Å². The highest BCUT2D eigenvalue weighted by Gasteiger charge is 2.11. The van der Waals surface area contributed by atoms with E-state index >= 15 is 0 Å². The van der Waals surface area contributed by atoms with Gasteiger partial charge in [-0.15, -0.1) is 0 Å². The van der Waals surface area contributed by atoms with Crippen LogP contribution in [0.4, 0.5) is 0 Å². The van der Waals surface area contributed by atoms with Crippen LogP contribution in [0.25, 0.3) is 0 Å². The molecule has 2 rings (SSSR count). The molecule has 0 amide bonds. The zero-order chi connectivity index (χ0) is 15.2. The Hall–Kier alpha value is -1.36. The van der Waals surface area contributed by atoms with Gasteiger partial charge in [0.05, 0.1) is 13.2 Å². The van der Waals surface area contributed by atoms with E-state index in [0.717, 1.165) is 15.8 Å². The molecule has 0 radical (unpaired) electrons. The Bertz CT molecular complexity index is 571. The Labute approximate surface area is 134 Å². The summed E-state index contributed by atoms with van der Waals surface area (Å²) in [5.41, 5.74) is 2.07. The summed E-state index contributed by atoms with van der Waals surface area (Å²) in [5.74, 6) is 0.793. The first-order valence-corrected chi connectivity index (χ1v) is 7.70. The number of rotatable bonds is 6. The Morgan fingerprint density at radius 2 is 1.86 bits per heavy atom. The van der Waals surface area contributed by atoms with E-state index in [2.05, 4.69) is 40.3 Å². The second kappa shape index (κ2) is 7.59. The average Bonchev–Trinajstić information content (AvgIpc) is 2.52. The molecule has 3 nitrogen and oxygen atoms in total. The van der Waals surface area contributed by atoms with Gasteiger partial charge in [-0.1, -0.05) is 40.2 Å². The van der Waals surface area contributed by atoms with Crippen molar-refractivity contribution in [1.29, 1.82) is 0 Å². The van der Waals surface area contributed by atoms with Crippen LogP contribution in [0.3, 0.4) is 0 Å². The van der Waals surface area contributed by atoms with Crippen LogP contribution < -0.4 is 10.1 Å². The summed E-state index contributed by atoms with van der Waals surface area (Å²) in [6.07, 6.45) is -0.537. The number of hydrogen-bond donors (Lipinski definition) is 2. The molecular weight excluding hydrogens is 330 g/mol. The number of hydrogen-bond acceptors (Lipinski definition) is 3. The summed E-state index contributed by atoms with van der Waals surface area (Å²) < 4.78 is 6.17. The molecule has 21 heavy (non-hydrogen) atoms. The van der Waals surface area contributed by atoms with Crippen molar-refractivity contribution in [3.63, 3.8) is 0 Å². The normalized spacial score (nSPS) is 13.7. The van der Waals surface area contributed by atoms with Crippen LogP contribution in [-0.2, 0) is 0 Å². The lowest BCUT2D eigenvalue weighted by atomic mass is 10.1. The molecular formula is C17H20BrNO2. The van der Waals surface area contributed by atoms with Gasteiger partial charge in [0.2, 0.25) is 0 Å². The topological polar surface area (TPSA) is 41.5 Å². The van der Waals surface area contributed by atoms with Gasteiger partial charge in [-0.3, -0.25) is 0 Å². The second-order valence-electron chi connectivity index (χ2n) is 4.97. The summed E-state index contributed by atoms with van der Waals surface area (Å²) in [6.45, 7) is 2.59. The van der Waals surface area contributed by atoms with Crippen molar-refractivity contribution in [2.75, 3.05) is 13.7 Å². The lowest BCUT2D eigenvalue weighted by molar-refractivity contribution is 0.170. The quantitative estimate of drug-likeness (QED) is 0.832. The highest BCUT2D eigenvalue weighted by molar-refractivity contribution is 9.10. The Morgan fingerprint density at radius 1 is 1.14 bits per heavy atom. The molecule has 0 bridgehead atoms. The highest BCUT2D eigenvalue weighted by Crippen LogP contribution is 2.20. The predicted molar refractivity (Wildman–Crippen MR) is 88.5 cm³/mol. The van der Waals surface area contributed by atoms with Crippen LogP contribution in [0.1, 0.15) is 30.2 Å². The average molecular weight is 350 g/mol. The van der Waals surface area contributed by atoms with Crippen LogP contribution in [0.5, 0.6) is 5.75 Å². The van der Waals surface area contributed by atoms with Crippen molar-refractivity contribution in [2.45, 2.75) is 19.1 Å². The second-order valence-corrected chi connectivity index (χ2v) is 5.89. The molecule has 0 saturated carbocycles. The number of aliphatic hydroxyl groups excluding tert-OH is 1. The molecule has 0 aromatic heterocycles. The first-order chi connectivity index (χ1) is 10.1. The van der Waals surface area contributed by atoms with Gasteiger partial charge in [-0.25, -0.2) is 0 Å². The minimum atomic E-state index is -0.537. The van der Waals surface area contributed by atoms with Gasteiger partial charge < -0.3 is 15.2 Å². The maximum atomic E-state index is 10.2. The van der Waals surface area contributed by atoms with Crippen LogP contribution in [0.2, 0.25) is 0 Å². The first kappa shape index (κ1) is 16.0.